The molecule has 3 amide bonds. The Bertz CT molecular complexity index is 1200. The molecule has 0 aliphatic carbocycles. The Kier molecular flexibility index (Phi) is 13.5. The Morgan fingerprint density at radius 1 is 0.905 bits per heavy atom. The summed E-state index contributed by atoms with van der Waals surface area (Å²) in [5, 5.41) is 27.5. The number of carbonyl (C=O) groups excluding carboxylic acids is 3. The molecule has 0 aliphatic heterocycles. The first-order valence-corrected chi connectivity index (χ1v) is 14.6. The van der Waals surface area contributed by atoms with E-state index in [1.807, 2.05) is 27.7 Å². The number of hydrogen-bond acceptors (Lipinski definition) is 5. The van der Waals surface area contributed by atoms with Crippen LogP contribution in [0.1, 0.15) is 79.3 Å². The van der Waals surface area contributed by atoms with Crippen LogP contribution in [0.15, 0.2) is 36.4 Å². The molecule has 0 radical (unpaired) electrons. The van der Waals surface area contributed by atoms with Gasteiger partial charge in [-0.15, -0.1) is 0 Å². The van der Waals surface area contributed by atoms with E-state index in [2.05, 4.69) is 10.6 Å². The lowest BCUT2D eigenvalue weighted by Crippen LogP contribution is -2.53. The van der Waals surface area contributed by atoms with Crippen LogP contribution in [0.5, 0.6) is 0 Å². The third-order valence-electron chi connectivity index (χ3n) is 7.07. The third-order valence-corrected chi connectivity index (χ3v) is 7.07. The lowest BCUT2D eigenvalue weighted by Gasteiger charge is -2.31. The van der Waals surface area contributed by atoms with Gasteiger partial charge in [0.1, 0.15) is 17.7 Å². The molecular weight excluding hydrogens is 544 g/mol. The minimum Gasteiger partial charge on any atom is -0.390 e. The molecule has 0 heterocycles. The average Bonchev–Trinajstić information content (AvgIpc) is 2.93. The van der Waals surface area contributed by atoms with Gasteiger partial charge in [0.25, 0.3) is 11.8 Å². The smallest absolute Gasteiger partial charge is 0.253 e. The fourth-order valence-corrected chi connectivity index (χ4v) is 4.68. The second-order valence-corrected chi connectivity index (χ2v) is 11.3. The first-order valence-electron chi connectivity index (χ1n) is 14.6. The summed E-state index contributed by atoms with van der Waals surface area (Å²) in [4.78, 5) is 41.0. The highest BCUT2D eigenvalue weighted by atomic mass is 19.1. The van der Waals surface area contributed by atoms with Crippen LogP contribution in [-0.2, 0) is 11.2 Å². The fraction of sp³-hybridized carbons (Fsp3) is 0.531. The monoisotopic (exact) mass is 589 g/mol. The van der Waals surface area contributed by atoms with E-state index < -0.39 is 47.6 Å². The normalized spacial score (nSPS) is 14.2. The maximum atomic E-state index is 14.0. The van der Waals surface area contributed by atoms with E-state index in [0.717, 1.165) is 25.0 Å². The zero-order valence-corrected chi connectivity index (χ0v) is 25.4. The molecule has 232 valence electrons. The highest BCUT2D eigenvalue weighted by Crippen LogP contribution is 2.19. The molecule has 0 aliphatic rings. The van der Waals surface area contributed by atoms with Gasteiger partial charge >= 0.3 is 0 Å². The summed E-state index contributed by atoms with van der Waals surface area (Å²) in [5.74, 6) is -3.90. The van der Waals surface area contributed by atoms with Gasteiger partial charge in [-0.1, -0.05) is 40.7 Å². The highest BCUT2D eigenvalue weighted by Gasteiger charge is 2.35. The van der Waals surface area contributed by atoms with Crippen molar-refractivity contribution >= 4 is 17.7 Å². The lowest BCUT2D eigenvalue weighted by atomic mass is 9.90. The fourth-order valence-electron chi connectivity index (χ4n) is 4.68. The van der Waals surface area contributed by atoms with Crippen molar-refractivity contribution in [2.24, 2.45) is 11.8 Å². The molecular formula is C32H45F2N3O5. The van der Waals surface area contributed by atoms with Crippen molar-refractivity contribution in [3.63, 3.8) is 0 Å². The SMILES string of the molecule is CCCN(CCC)C(=O)c1ccc(C)c(C(=O)N[C@@H](Cc2cc(F)cc(F)c2)[C@@H](O)[C@H](O)[C@@H](C)C(=O)NCC(C)C)c1. The predicted octanol–water partition coefficient (Wildman–Crippen LogP) is 4.01. The van der Waals surface area contributed by atoms with Gasteiger partial charge in [-0.25, -0.2) is 8.78 Å². The van der Waals surface area contributed by atoms with Crippen molar-refractivity contribution in [2.75, 3.05) is 19.6 Å². The van der Waals surface area contributed by atoms with Crippen LogP contribution in [0, 0.1) is 30.4 Å². The van der Waals surface area contributed by atoms with Crippen molar-refractivity contribution in [2.45, 2.75) is 79.1 Å². The van der Waals surface area contributed by atoms with E-state index in [-0.39, 0.29) is 29.4 Å². The number of aryl methyl sites for hydroxylation is 1. The van der Waals surface area contributed by atoms with E-state index in [1.54, 1.807) is 24.0 Å². The molecule has 2 rings (SSSR count). The molecule has 8 nitrogen and oxygen atoms in total. The van der Waals surface area contributed by atoms with Gasteiger partial charge in [-0.05, 0) is 67.5 Å². The van der Waals surface area contributed by atoms with Crippen molar-refractivity contribution in [1.29, 1.82) is 0 Å². The quantitative estimate of drug-likeness (QED) is 0.250. The molecule has 10 heteroatoms. The van der Waals surface area contributed by atoms with Gasteiger partial charge in [0, 0.05) is 36.8 Å². The second-order valence-electron chi connectivity index (χ2n) is 11.3. The number of aliphatic hydroxyl groups excluding tert-OH is 2. The number of hydrogen-bond donors (Lipinski definition) is 4. The maximum Gasteiger partial charge on any atom is 0.253 e. The van der Waals surface area contributed by atoms with Crippen molar-refractivity contribution < 1.29 is 33.4 Å². The highest BCUT2D eigenvalue weighted by molar-refractivity contribution is 6.00. The van der Waals surface area contributed by atoms with Gasteiger partial charge in [-0.2, -0.15) is 0 Å². The van der Waals surface area contributed by atoms with Crippen LogP contribution in [0.25, 0.3) is 0 Å². The molecule has 0 unspecified atom stereocenters. The zero-order valence-electron chi connectivity index (χ0n) is 25.4. The summed E-state index contributed by atoms with van der Waals surface area (Å²) < 4.78 is 27.9. The molecule has 0 aromatic heterocycles. The van der Waals surface area contributed by atoms with Gasteiger partial charge in [0.15, 0.2) is 0 Å². The minimum atomic E-state index is -1.67. The van der Waals surface area contributed by atoms with Gasteiger partial charge < -0.3 is 25.7 Å². The van der Waals surface area contributed by atoms with Crippen molar-refractivity contribution in [3.05, 3.63) is 70.3 Å². The summed E-state index contributed by atoms with van der Waals surface area (Å²) >= 11 is 0. The molecule has 4 N–H and O–H groups in total. The number of aliphatic hydroxyl groups is 2. The van der Waals surface area contributed by atoms with Crippen LogP contribution in [0.4, 0.5) is 8.78 Å². The van der Waals surface area contributed by atoms with E-state index in [4.69, 9.17) is 0 Å². The molecule has 0 saturated heterocycles. The van der Waals surface area contributed by atoms with Gasteiger partial charge in [0.2, 0.25) is 5.91 Å². The van der Waals surface area contributed by atoms with Crippen molar-refractivity contribution in [3.8, 4) is 0 Å². The number of nitrogens with one attached hydrogen (secondary N) is 2. The van der Waals surface area contributed by atoms with Crippen LogP contribution in [0.2, 0.25) is 0 Å². The Morgan fingerprint density at radius 2 is 1.50 bits per heavy atom. The van der Waals surface area contributed by atoms with E-state index in [1.165, 1.54) is 13.0 Å². The first-order chi connectivity index (χ1) is 19.8. The molecule has 42 heavy (non-hydrogen) atoms. The molecule has 0 fully saturated rings. The molecule has 0 saturated carbocycles. The summed E-state index contributed by atoms with van der Waals surface area (Å²) in [6, 6.07) is 6.40. The Morgan fingerprint density at radius 3 is 2.05 bits per heavy atom. The van der Waals surface area contributed by atoms with Gasteiger partial charge in [0.05, 0.1) is 18.1 Å². The third kappa shape index (κ3) is 9.87. The predicted molar refractivity (Wildman–Crippen MR) is 158 cm³/mol. The number of rotatable bonds is 15. The maximum absolute atomic E-state index is 14.0. The molecule has 2 aromatic carbocycles. The van der Waals surface area contributed by atoms with E-state index in [0.29, 0.717) is 36.8 Å². The Balaban J connectivity index is 2.39. The molecule has 2 aromatic rings. The Labute approximate surface area is 247 Å². The standard InChI is InChI=1S/C32H45F2N3O5/c1-7-11-37(12-8-2)32(42)23-10-9-20(5)26(16-23)31(41)36-27(15-22-13-24(33)17-25(34)14-22)29(39)28(38)21(6)30(40)35-18-19(3)4/h9-10,13-14,16-17,19,21,27-29,38-39H,7-8,11-12,15,18H2,1-6H3,(H,35,40)(H,36,41)/t21-,27+,28-,29-/m1/s1. The Hall–Kier alpha value is -3.37. The van der Waals surface area contributed by atoms with E-state index in [9.17, 15) is 33.4 Å². The number of nitrogens with zero attached hydrogens (tertiary/aromatic N) is 1. The number of carbonyl (C=O) groups is 3. The topological polar surface area (TPSA) is 119 Å². The first kappa shape index (κ1) is 34.8. The number of benzene rings is 2. The zero-order chi connectivity index (χ0) is 31.6. The number of amides is 3. The molecule has 0 spiro atoms. The largest absolute Gasteiger partial charge is 0.390 e. The summed E-state index contributed by atoms with van der Waals surface area (Å²) in [5.41, 5.74) is 1.20. The summed E-state index contributed by atoms with van der Waals surface area (Å²) in [6.07, 6.45) is -1.96. The van der Waals surface area contributed by atoms with Crippen LogP contribution < -0.4 is 10.6 Å². The van der Waals surface area contributed by atoms with Gasteiger partial charge in [-0.3, -0.25) is 14.4 Å². The molecule has 4 atom stereocenters. The average molecular weight is 590 g/mol. The van der Waals surface area contributed by atoms with Crippen molar-refractivity contribution in [1.82, 2.24) is 15.5 Å². The minimum absolute atomic E-state index is 0.136. The van der Waals surface area contributed by atoms with Crippen LogP contribution >= 0.6 is 0 Å². The number of halogens is 2. The van der Waals surface area contributed by atoms with Crippen LogP contribution in [0.3, 0.4) is 0 Å². The summed E-state index contributed by atoms with van der Waals surface area (Å²) in [6.45, 7) is 12.4. The second kappa shape index (κ2) is 16.3. The van der Waals surface area contributed by atoms with E-state index >= 15 is 0 Å². The summed E-state index contributed by atoms with van der Waals surface area (Å²) in [7, 11) is 0. The van der Waals surface area contributed by atoms with Crippen LogP contribution in [-0.4, -0.2) is 70.7 Å². The lowest BCUT2D eigenvalue weighted by molar-refractivity contribution is -0.131. The molecule has 0 bridgehead atoms.